The second-order valence-electron chi connectivity index (χ2n) is 3.43. The third kappa shape index (κ3) is 11.2. The van der Waals surface area contributed by atoms with Crippen LogP contribution < -0.4 is 0 Å². The van der Waals surface area contributed by atoms with E-state index in [9.17, 15) is 0 Å². The van der Waals surface area contributed by atoms with E-state index < -0.39 is 0 Å². The molecule has 0 spiro atoms. The lowest BCUT2D eigenvalue weighted by Crippen LogP contribution is -1.70. The molecule has 0 amide bonds. The molecule has 0 heteroatoms. The average molecular weight is 192 g/mol. The largest absolute Gasteiger partial charge is 0.0917 e. The minimum atomic E-state index is 1.17. The highest BCUT2D eigenvalue weighted by atomic mass is 13.9. The fourth-order valence-electron chi connectivity index (χ4n) is 1.23. The number of hydrogen-bond acceptors (Lipinski definition) is 0. The average Bonchev–Trinajstić information content (AvgIpc) is 2.21. The molecule has 0 saturated heterocycles. The summed E-state index contributed by atoms with van der Waals surface area (Å²) in [6.45, 7) is 4.25. The van der Waals surface area contributed by atoms with Crippen LogP contribution >= 0.6 is 0 Å². The first-order valence-corrected chi connectivity index (χ1v) is 5.83. The van der Waals surface area contributed by atoms with E-state index >= 15 is 0 Å². The van der Waals surface area contributed by atoms with E-state index in [1.54, 1.807) is 0 Å². The zero-order chi connectivity index (χ0) is 10.5. The Kier molecular flexibility index (Phi) is 11.5. The maximum atomic E-state index is 2.31. The molecule has 0 aliphatic carbocycles. The Morgan fingerprint density at radius 2 is 1.29 bits per heavy atom. The van der Waals surface area contributed by atoms with E-state index in [0.29, 0.717) is 0 Å². The van der Waals surface area contributed by atoms with Gasteiger partial charge in [0.1, 0.15) is 0 Å². The van der Waals surface area contributed by atoms with Gasteiger partial charge in [0.05, 0.1) is 0 Å². The van der Waals surface area contributed by atoms with Crippen molar-refractivity contribution < 1.29 is 0 Å². The van der Waals surface area contributed by atoms with Crippen LogP contribution in [0, 0.1) is 0 Å². The summed E-state index contributed by atoms with van der Waals surface area (Å²) in [6, 6.07) is 0. The van der Waals surface area contributed by atoms with Crippen LogP contribution in [0.2, 0.25) is 0 Å². The summed E-state index contributed by atoms with van der Waals surface area (Å²) in [7, 11) is 0. The van der Waals surface area contributed by atoms with Gasteiger partial charge in [0.15, 0.2) is 0 Å². The van der Waals surface area contributed by atoms with Crippen LogP contribution in [0.4, 0.5) is 0 Å². The lowest BCUT2D eigenvalue weighted by Gasteiger charge is -1.90. The van der Waals surface area contributed by atoms with E-state index in [0.717, 1.165) is 0 Å². The Morgan fingerprint density at radius 1 is 0.714 bits per heavy atom. The van der Waals surface area contributed by atoms with Crippen LogP contribution in [-0.4, -0.2) is 0 Å². The summed E-state index contributed by atoms with van der Waals surface area (Å²) in [5.74, 6) is 0. The quantitative estimate of drug-likeness (QED) is 0.373. The zero-order valence-corrected chi connectivity index (χ0v) is 9.71. The molecule has 0 atom stereocenters. The molecular formula is C14H24. The van der Waals surface area contributed by atoms with Gasteiger partial charge in [-0.15, -0.1) is 0 Å². The molecule has 0 nitrogen and oxygen atoms in total. The van der Waals surface area contributed by atoms with Crippen molar-refractivity contribution in [2.75, 3.05) is 0 Å². The fraction of sp³-hybridized carbons (Fsp3) is 0.571. The molecule has 80 valence electrons. The Morgan fingerprint density at radius 3 is 1.93 bits per heavy atom. The molecule has 0 heterocycles. The second-order valence-corrected chi connectivity index (χ2v) is 3.43. The van der Waals surface area contributed by atoms with Crippen molar-refractivity contribution in [1.29, 1.82) is 0 Å². The summed E-state index contributed by atoms with van der Waals surface area (Å²) < 4.78 is 0. The van der Waals surface area contributed by atoms with Gasteiger partial charge in [0.25, 0.3) is 0 Å². The first-order chi connectivity index (χ1) is 6.91. The summed E-state index contributed by atoms with van der Waals surface area (Å²) >= 11 is 0. The third-order valence-electron chi connectivity index (χ3n) is 2.05. The maximum absolute atomic E-state index is 2.31. The van der Waals surface area contributed by atoms with Gasteiger partial charge in [-0.3, -0.25) is 0 Å². The highest BCUT2D eigenvalue weighted by Gasteiger charge is 1.80. The minimum Gasteiger partial charge on any atom is -0.0917 e. The molecule has 0 radical (unpaired) electrons. The molecule has 0 rings (SSSR count). The van der Waals surface area contributed by atoms with Crippen molar-refractivity contribution in [3.05, 3.63) is 36.5 Å². The standard InChI is InChI=1S/C14H24/c1-3-5-7-9-11-13-14-12-10-8-6-4-2/h3,5-6,8,11,13H,4,7,9-10,12,14H2,1-2H3/b5-3+,8-6?,13-11+. The molecule has 14 heavy (non-hydrogen) atoms. The molecule has 0 aliphatic rings. The first kappa shape index (κ1) is 13.2. The number of allylic oxidation sites excluding steroid dienone is 6. The SMILES string of the molecule is C/C=C/CC/C=C/CCCC=CCC. The summed E-state index contributed by atoms with van der Waals surface area (Å²) in [5, 5.41) is 0. The molecule has 0 aromatic carbocycles. The van der Waals surface area contributed by atoms with E-state index in [1.807, 2.05) is 0 Å². The molecule has 0 aromatic rings. The lowest BCUT2D eigenvalue weighted by atomic mass is 10.2. The van der Waals surface area contributed by atoms with Crippen molar-refractivity contribution in [2.24, 2.45) is 0 Å². The Labute approximate surface area is 89.4 Å². The third-order valence-corrected chi connectivity index (χ3v) is 2.05. The van der Waals surface area contributed by atoms with E-state index in [4.69, 9.17) is 0 Å². The number of rotatable bonds is 8. The Bertz CT molecular complexity index is 172. The molecule has 0 saturated carbocycles. The molecule has 0 N–H and O–H groups in total. The molecule has 0 bridgehead atoms. The predicted octanol–water partition coefficient (Wildman–Crippen LogP) is 5.04. The topological polar surface area (TPSA) is 0 Å². The molecular weight excluding hydrogens is 168 g/mol. The van der Waals surface area contributed by atoms with Crippen LogP contribution in [-0.2, 0) is 0 Å². The van der Waals surface area contributed by atoms with Gasteiger partial charge in [-0.1, -0.05) is 43.4 Å². The zero-order valence-electron chi connectivity index (χ0n) is 9.71. The van der Waals surface area contributed by atoms with Gasteiger partial charge >= 0.3 is 0 Å². The van der Waals surface area contributed by atoms with Crippen LogP contribution in [0.25, 0.3) is 0 Å². The molecule has 0 fully saturated rings. The van der Waals surface area contributed by atoms with Gasteiger partial charge < -0.3 is 0 Å². The van der Waals surface area contributed by atoms with E-state index in [2.05, 4.69) is 50.3 Å². The lowest BCUT2D eigenvalue weighted by molar-refractivity contribution is 0.859. The molecule has 0 unspecified atom stereocenters. The van der Waals surface area contributed by atoms with Gasteiger partial charge in [-0.25, -0.2) is 0 Å². The minimum absolute atomic E-state index is 1.17. The van der Waals surface area contributed by atoms with Crippen LogP contribution in [0.15, 0.2) is 36.5 Å². The second kappa shape index (κ2) is 12.2. The van der Waals surface area contributed by atoms with E-state index in [-0.39, 0.29) is 0 Å². The van der Waals surface area contributed by atoms with Crippen LogP contribution in [0.3, 0.4) is 0 Å². The smallest absolute Gasteiger partial charge is 0.0316 e. The van der Waals surface area contributed by atoms with Crippen molar-refractivity contribution in [2.45, 2.75) is 52.4 Å². The van der Waals surface area contributed by atoms with Crippen molar-refractivity contribution in [3.63, 3.8) is 0 Å². The highest BCUT2D eigenvalue weighted by molar-refractivity contribution is 4.87. The van der Waals surface area contributed by atoms with E-state index in [1.165, 1.54) is 38.5 Å². The maximum Gasteiger partial charge on any atom is -0.0316 e. The summed E-state index contributed by atoms with van der Waals surface area (Å²) in [5.41, 5.74) is 0. The monoisotopic (exact) mass is 192 g/mol. The van der Waals surface area contributed by atoms with Gasteiger partial charge in [-0.05, 0) is 45.4 Å². The van der Waals surface area contributed by atoms with Crippen LogP contribution in [0.1, 0.15) is 52.4 Å². The van der Waals surface area contributed by atoms with Crippen molar-refractivity contribution in [1.82, 2.24) is 0 Å². The van der Waals surface area contributed by atoms with Gasteiger partial charge in [0, 0.05) is 0 Å². The van der Waals surface area contributed by atoms with Crippen molar-refractivity contribution in [3.8, 4) is 0 Å². The van der Waals surface area contributed by atoms with Gasteiger partial charge in [-0.2, -0.15) is 0 Å². The predicted molar refractivity (Wildman–Crippen MR) is 66.5 cm³/mol. The molecule has 0 aromatic heterocycles. The van der Waals surface area contributed by atoms with Crippen molar-refractivity contribution >= 4 is 0 Å². The Balaban J connectivity index is 3.14. The first-order valence-electron chi connectivity index (χ1n) is 5.83. The fourth-order valence-corrected chi connectivity index (χ4v) is 1.23. The number of unbranched alkanes of at least 4 members (excludes halogenated alkanes) is 3. The summed E-state index contributed by atoms with van der Waals surface area (Å²) in [4.78, 5) is 0. The van der Waals surface area contributed by atoms with Crippen LogP contribution in [0.5, 0.6) is 0 Å². The number of hydrogen-bond donors (Lipinski definition) is 0. The Hall–Kier alpha value is -0.780. The highest BCUT2D eigenvalue weighted by Crippen LogP contribution is 2.00. The summed E-state index contributed by atoms with van der Waals surface area (Å²) in [6.07, 6.45) is 20.7. The molecule has 0 aliphatic heterocycles. The van der Waals surface area contributed by atoms with Gasteiger partial charge in [0.2, 0.25) is 0 Å². The normalized spacial score (nSPS) is 12.4.